The van der Waals surface area contributed by atoms with E-state index in [1.165, 1.54) is 30.5 Å². The van der Waals surface area contributed by atoms with E-state index in [1.807, 2.05) is 0 Å². The van der Waals surface area contributed by atoms with Gasteiger partial charge in [-0.05, 0) is 54.8 Å². The van der Waals surface area contributed by atoms with E-state index in [2.05, 4.69) is 43.4 Å². The van der Waals surface area contributed by atoms with Gasteiger partial charge in [0.1, 0.15) is 0 Å². The third-order valence-corrected chi connectivity index (χ3v) is 3.95. The molecule has 0 aromatic heterocycles. The monoisotopic (exact) mass is 246 g/mol. The Bertz CT molecular complexity index is 378. The zero-order chi connectivity index (χ0) is 13.0. The molecular weight excluding hydrogens is 220 g/mol. The second-order valence-corrected chi connectivity index (χ2v) is 6.33. The number of nitrogens with two attached hydrogens (primary N) is 1. The average Bonchev–Trinajstić information content (AvgIpc) is 2.40. The van der Waals surface area contributed by atoms with Crippen molar-refractivity contribution in [2.24, 2.45) is 11.1 Å². The van der Waals surface area contributed by atoms with Crippen LogP contribution in [-0.2, 0) is 6.42 Å². The van der Waals surface area contributed by atoms with E-state index in [4.69, 9.17) is 5.73 Å². The van der Waals surface area contributed by atoms with Crippen LogP contribution >= 0.6 is 0 Å². The van der Waals surface area contributed by atoms with Crippen molar-refractivity contribution in [3.8, 4) is 0 Å². The molecule has 1 aromatic rings. The quantitative estimate of drug-likeness (QED) is 0.857. The standard InChI is InChI=1S/C16H26N2/c1-16(2,12-17)10-13-5-3-6-14(9-13)15-7-4-8-18-11-15/h3,5-6,9,15,18H,4,7-8,10-12,17H2,1-2H3. The first kappa shape index (κ1) is 13.6. The maximum Gasteiger partial charge on any atom is 0.00201 e. The number of hydrogen-bond donors (Lipinski definition) is 2. The molecule has 1 atom stereocenters. The van der Waals surface area contributed by atoms with E-state index in [1.54, 1.807) is 0 Å². The highest BCUT2D eigenvalue weighted by atomic mass is 14.9. The van der Waals surface area contributed by atoms with E-state index < -0.39 is 0 Å². The fourth-order valence-corrected chi connectivity index (χ4v) is 2.72. The van der Waals surface area contributed by atoms with Crippen LogP contribution in [0, 0.1) is 5.41 Å². The van der Waals surface area contributed by atoms with Crippen LogP contribution in [0.25, 0.3) is 0 Å². The van der Waals surface area contributed by atoms with Gasteiger partial charge in [0.25, 0.3) is 0 Å². The van der Waals surface area contributed by atoms with Gasteiger partial charge in [-0.15, -0.1) is 0 Å². The first-order valence-corrected chi connectivity index (χ1v) is 7.10. The maximum atomic E-state index is 5.82. The highest BCUT2D eigenvalue weighted by Crippen LogP contribution is 2.26. The molecule has 3 N–H and O–H groups in total. The molecule has 1 aliphatic heterocycles. The molecular formula is C16H26N2. The van der Waals surface area contributed by atoms with Crippen molar-refractivity contribution in [3.05, 3.63) is 35.4 Å². The molecule has 0 radical (unpaired) electrons. The summed E-state index contributed by atoms with van der Waals surface area (Å²) in [5.74, 6) is 0.694. The minimum Gasteiger partial charge on any atom is -0.330 e. The zero-order valence-corrected chi connectivity index (χ0v) is 11.7. The predicted octanol–water partition coefficient (Wildman–Crippen LogP) is 2.68. The lowest BCUT2D eigenvalue weighted by Crippen LogP contribution is -2.28. The number of benzene rings is 1. The van der Waals surface area contributed by atoms with E-state index in [0.717, 1.165) is 19.5 Å². The van der Waals surface area contributed by atoms with Crippen LogP contribution in [0.3, 0.4) is 0 Å². The van der Waals surface area contributed by atoms with Gasteiger partial charge in [-0.3, -0.25) is 0 Å². The molecule has 18 heavy (non-hydrogen) atoms. The Morgan fingerprint density at radius 2 is 2.22 bits per heavy atom. The van der Waals surface area contributed by atoms with E-state index >= 15 is 0 Å². The highest BCUT2D eigenvalue weighted by Gasteiger charge is 2.18. The molecule has 1 heterocycles. The Labute approximate surface area is 111 Å². The van der Waals surface area contributed by atoms with Gasteiger partial charge in [0.2, 0.25) is 0 Å². The minimum atomic E-state index is 0.198. The van der Waals surface area contributed by atoms with Gasteiger partial charge in [0, 0.05) is 6.54 Å². The zero-order valence-electron chi connectivity index (χ0n) is 11.7. The molecule has 1 aliphatic rings. The molecule has 0 amide bonds. The second kappa shape index (κ2) is 5.85. The van der Waals surface area contributed by atoms with E-state index in [9.17, 15) is 0 Å². The van der Waals surface area contributed by atoms with Crippen molar-refractivity contribution in [1.29, 1.82) is 0 Å². The normalized spacial score (nSPS) is 20.9. The molecule has 2 nitrogen and oxygen atoms in total. The maximum absolute atomic E-state index is 5.82. The van der Waals surface area contributed by atoms with Crippen LogP contribution in [0.5, 0.6) is 0 Å². The number of hydrogen-bond acceptors (Lipinski definition) is 2. The molecule has 0 saturated carbocycles. The molecule has 1 unspecified atom stereocenters. The third kappa shape index (κ3) is 3.56. The van der Waals surface area contributed by atoms with Gasteiger partial charge in [-0.1, -0.05) is 38.1 Å². The summed E-state index contributed by atoms with van der Waals surface area (Å²) >= 11 is 0. The average molecular weight is 246 g/mol. The van der Waals surface area contributed by atoms with Crippen molar-refractivity contribution < 1.29 is 0 Å². The summed E-state index contributed by atoms with van der Waals surface area (Å²) in [4.78, 5) is 0. The Hall–Kier alpha value is -0.860. The first-order valence-electron chi connectivity index (χ1n) is 7.10. The van der Waals surface area contributed by atoms with Gasteiger partial charge in [-0.25, -0.2) is 0 Å². The Kier molecular flexibility index (Phi) is 4.41. The van der Waals surface area contributed by atoms with Crippen LogP contribution in [0.4, 0.5) is 0 Å². The smallest absolute Gasteiger partial charge is 0.00201 e. The minimum absolute atomic E-state index is 0.198. The Morgan fingerprint density at radius 1 is 1.39 bits per heavy atom. The SMILES string of the molecule is CC(C)(CN)Cc1cccc(C2CCCNC2)c1. The van der Waals surface area contributed by atoms with Crippen molar-refractivity contribution in [2.75, 3.05) is 19.6 Å². The molecule has 1 aromatic carbocycles. The summed E-state index contributed by atoms with van der Waals surface area (Å²) < 4.78 is 0. The first-order chi connectivity index (χ1) is 8.61. The summed E-state index contributed by atoms with van der Waals surface area (Å²) in [5.41, 5.74) is 8.94. The van der Waals surface area contributed by atoms with Crippen molar-refractivity contribution in [2.45, 2.75) is 39.0 Å². The lowest BCUT2D eigenvalue weighted by Gasteiger charge is -2.25. The van der Waals surface area contributed by atoms with E-state index in [-0.39, 0.29) is 5.41 Å². The molecule has 0 spiro atoms. The van der Waals surface area contributed by atoms with Crippen LogP contribution in [0.2, 0.25) is 0 Å². The van der Waals surface area contributed by atoms with Crippen LogP contribution < -0.4 is 11.1 Å². The summed E-state index contributed by atoms with van der Waals surface area (Å²) in [6.45, 7) is 7.52. The van der Waals surface area contributed by atoms with Crippen LogP contribution in [-0.4, -0.2) is 19.6 Å². The summed E-state index contributed by atoms with van der Waals surface area (Å²) in [7, 11) is 0. The van der Waals surface area contributed by atoms with E-state index in [0.29, 0.717) is 5.92 Å². The summed E-state index contributed by atoms with van der Waals surface area (Å²) in [6, 6.07) is 9.09. The Balaban J connectivity index is 2.09. The molecule has 100 valence electrons. The third-order valence-electron chi connectivity index (χ3n) is 3.95. The highest BCUT2D eigenvalue weighted by molar-refractivity contribution is 5.28. The molecule has 2 rings (SSSR count). The molecule has 1 fully saturated rings. The summed E-state index contributed by atoms with van der Waals surface area (Å²) in [5, 5.41) is 3.49. The molecule has 0 bridgehead atoms. The van der Waals surface area contributed by atoms with Gasteiger partial charge < -0.3 is 11.1 Å². The largest absolute Gasteiger partial charge is 0.330 e. The molecule has 1 saturated heterocycles. The lowest BCUT2D eigenvalue weighted by molar-refractivity contribution is 0.376. The van der Waals surface area contributed by atoms with Crippen LogP contribution in [0.1, 0.15) is 43.7 Å². The number of rotatable bonds is 4. The second-order valence-electron chi connectivity index (χ2n) is 6.33. The van der Waals surface area contributed by atoms with Crippen molar-refractivity contribution >= 4 is 0 Å². The lowest BCUT2D eigenvalue weighted by atomic mass is 9.84. The number of piperidine rings is 1. The Morgan fingerprint density at radius 3 is 2.89 bits per heavy atom. The van der Waals surface area contributed by atoms with Crippen LogP contribution in [0.15, 0.2) is 24.3 Å². The van der Waals surface area contributed by atoms with Crippen molar-refractivity contribution in [1.82, 2.24) is 5.32 Å². The van der Waals surface area contributed by atoms with Gasteiger partial charge in [0.05, 0.1) is 0 Å². The fraction of sp³-hybridized carbons (Fsp3) is 0.625. The van der Waals surface area contributed by atoms with Gasteiger partial charge >= 0.3 is 0 Å². The number of nitrogens with one attached hydrogen (secondary N) is 1. The van der Waals surface area contributed by atoms with Gasteiger partial charge in [-0.2, -0.15) is 0 Å². The molecule has 2 heteroatoms. The topological polar surface area (TPSA) is 38.0 Å². The van der Waals surface area contributed by atoms with Crippen molar-refractivity contribution in [3.63, 3.8) is 0 Å². The van der Waals surface area contributed by atoms with Gasteiger partial charge in [0.15, 0.2) is 0 Å². The molecule has 0 aliphatic carbocycles. The fourth-order valence-electron chi connectivity index (χ4n) is 2.72. The predicted molar refractivity (Wildman–Crippen MR) is 77.8 cm³/mol. The summed E-state index contributed by atoms with van der Waals surface area (Å²) in [6.07, 6.45) is 3.68.